The highest BCUT2D eigenvalue weighted by molar-refractivity contribution is 5.94. The monoisotopic (exact) mass is 373 g/mol. The number of hydrogen-bond acceptors (Lipinski definition) is 5. The SMILES string of the molecule is COc1ccc(NC(=O)C(C)NCc2c(C)cc(C)n(C)c2=O)cc1OC. The van der Waals surface area contributed by atoms with Crippen molar-refractivity contribution in [1.82, 2.24) is 9.88 Å². The van der Waals surface area contributed by atoms with Gasteiger partial charge in [0.2, 0.25) is 5.91 Å². The molecule has 0 aliphatic carbocycles. The van der Waals surface area contributed by atoms with Gasteiger partial charge in [0.15, 0.2) is 11.5 Å². The van der Waals surface area contributed by atoms with E-state index in [0.29, 0.717) is 29.3 Å². The van der Waals surface area contributed by atoms with Crippen molar-refractivity contribution < 1.29 is 14.3 Å². The summed E-state index contributed by atoms with van der Waals surface area (Å²) in [6, 6.07) is 6.65. The number of pyridine rings is 1. The molecule has 1 atom stereocenters. The summed E-state index contributed by atoms with van der Waals surface area (Å²) in [7, 11) is 4.84. The van der Waals surface area contributed by atoms with Gasteiger partial charge in [0.05, 0.1) is 20.3 Å². The van der Waals surface area contributed by atoms with E-state index in [4.69, 9.17) is 9.47 Å². The molecule has 0 saturated carbocycles. The molecule has 1 amide bonds. The Morgan fingerprint density at radius 2 is 1.81 bits per heavy atom. The Balaban J connectivity index is 2.05. The van der Waals surface area contributed by atoms with Crippen molar-refractivity contribution in [1.29, 1.82) is 0 Å². The summed E-state index contributed by atoms with van der Waals surface area (Å²) in [5.74, 6) is 0.922. The lowest BCUT2D eigenvalue weighted by Crippen LogP contribution is -2.39. The lowest BCUT2D eigenvalue weighted by Gasteiger charge is -2.17. The molecule has 0 bridgehead atoms. The Labute approximate surface area is 159 Å². The lowest BCUT2D eigenvalue weighted by atomic mass is 10.1. The van der Waals surface area contributed by atoms with Crippen molar-refractivity contribution >= 4 is 11.6 Å². The number of carbonyl (C=O) groups excluding carboxylic acids is 1. The first-order valence-electron chi connectivity index (χ1n) is 8.70. The standard InChI is InChI=1S/C20H27N3O4/c1-12-9-13(2)23(4)20(25)16(12)11-21-14(3)19(24)22-15-7-8-17(26-5)18(10-15)27-6/h7-10,14,21H,11H2,1-6H3,(H,22,24). The minimum absolute atomic E-state index is 0.0486. The van der Waals surface area contributed by atoms with Gasteiger partial charge in [-0.15, -0.1) is 0 Å². The van der Waals surface area contributed by atoms with E-state index in [0.717, 1.165) is 11.3 Å². The van der Waals surface area contributed by atoms with Gasteiger partial charge in [-0.25, -0.2) is 0 Å². The molecule has 0 spiro atoms. The first kappa shape index (κ1) is 20.5. The van der Waals surface area contributed by atoms with Gasteiger partial charge in [0.1, 0.15) is 0 Å². The average Bonchev–Trinajstić information content (AvgIpc) is 2.65. The number of aryl methyl sites for hydroxylation is 2. The van der Waals surface area contributed by atoms with Crippen molar-refractivity contribution in [3.05, 3.63) is 51.4 Å². The molecule has 0 aliphatic rings. The number of nitrogens with one attached hydrogen (secondary N) is 2. The summed E-state index contributed by atoms with van der Waals surface area (Å²) in [5.41, 5.74) is 3.03. The second-order valence-electron chi connectivity index (χ2n) is 6.47. The van der Waals surface area contributed by atoms with Crippen LogP contribution in [0.25, 0.3) is 0 Å². The van der Waals surface area contributed by atoms with Gasteiger partial charge in [-0.1, -0.05) is 0 Å². The van der Waals surface area contributed by atoms with Crippen LogP contribution in [-0.2, 0) is 18.4 Å². The van der Waals surface area contributed by atoms with Crippen molar-refractivity contribution in [2.45, 2.75) is 33.4 Å². The maximum atomic E-state index is 12.4. The van der Waals surface area contributed by atoms with E-state index >= 15 is 0 Å². The Bertz CT molecular complexity index is 890. The number of anilines is 1. The summed E-state index contributed by atoms with van der Waals surface area (Å²) >= 11 is 0. The van der Waals surface area contributed by atoms with Gasteiger partial charge in [0.25, 0.3) is 5.56 Å². The molecule has 27 heavy (non-hydrogen) atoms. The van der Waals surface area contributed by atoms with E-state index in [1.54, 1.807) is 43.8 Å². The van der Waals surface area contributed by atoms with Crippen LogP contribution in [0.1, 0.15) is 23.7 Å². The minimum atomic E-state index is -0.483. The fourth-order valence-corrected chi connectivity index (χ4v) is 2.76. The van der Waals surface area contributed by atoms with Crippen LogP contribution in [0.5, 0.6) is 11.5 Å². The van der Waals surface area contributed by atoms with E-state index in [-0.39, 0.29) is 11.5 Å². The van der Waals surface area contributed by atoms with Crippen LogP contribution >= 0.6 is 0 Å². The molecule has 0 fully saturated rings. The number of amides is 1. The summed E-state index contributed by atoms with van der Waals surface area (Å²) in [4.78, 5) is 24.9. The molecule has 7 heteroatoms. The quantitative estimate of drug-likeness (QED) is 0.777. The molecule has 7 nitrogen and oxygen atoms in total. The zero-order chi connectivity index (χ0) is 20.1. The van der Waals surface area contributed by atoms with Crippen LogP contribution in [-0.4, -0.2) is 30.7 Å². The lowest BCUT2D eigenvalue weighted by molar-refractivity contribution is -0.117. The average molecular weight is 373 g/mol. The van der Waals surface area contributed by atoms with E-state index < -0.39 is 6.04 Å². The molecule has 0 aliphatic heterocycles. The number of rotatable bonds is 7. The molecule has 2 aromatic rings. The number of carbonyl (C=O) groups is 1. The third kappa shape index (κ3) is 4.68. The normalized spacial score (nSPS) is 11.8. The summed E-state index contributed by atoms with van der Waals surface area (Å²) in [6.45, 7) is 5.87. The third-order valence-electron chi connectivity index (χ3n) is 4.62. The van der Waals surface area contributed by atoms with Crippen molar-refractivity contribution in [2.24, 2.45) is 7.05 Å². The number of methoxy groups -OCH3 is 2. The Hall–Kier alpha value is -2.80. The molecule has 2 rings (SSSR count). The number of benzene rings is 1. The molecule has 1 aromatic heterocycles. The third-order valence-corrected chi connectivity index (χ3v) is 4.62. The maximum absolute atomic E-state index is 12.4. The van der Waals surface area contributed by atoms with Gasteiger partial charge in [-0.3, -0.25) is 9.59 Å². The predicted molar refractivity (Wildman–Crippen MR) is 106 cm³/mol. The van der Waals surface area contributed by atoms with E-state index in [2.05, 4.69) is 10.6 Å². The Kier molecular flexibility index (Phi) is 6.63. The first-order valence-corrected chi connectivity index (χ1v) is 8.70. The number of ether oxygens (including phenoxy) is 2. The molecular formula is C20H27N3O4. The minimum Gasteiger partial charge on any atom is -0.493 e. The fourth-order valence-electron chi connectivity index (χ4n) is 2.76. The molecule has 0 saturated heterocycles. The molecule has 1 unspecified atom stereocenters. The predicted octanol–water partition coefficient (Wildman–Crippen LogP) is 2.14. The molecule has 1 heterocycles. The van der Waals surface area contributed by atoms with Crippen LogP contribution < -0.4 is 25.7 Å². The van der Waals surface area contributed by atoms with Gasteiger partial charge in [-0.2, -0.15) is 0 Å². The molecule has 1 aromatic carbocycles. The summed E-state index contributed by atoms with van der Waals surface area (Å²) in [6.07, 6.45) is 0. The van der Waals surface area contributed by atoms with Gasteiger partial charge < -0.3 is 24.7 Å². The second kappa shape index (κ2) is 8.73. The Morgan fingerprint density at radius 3 is 2.44 bits per heavy atom. The zero-order valence-electron chi connectivity index (χ0n) is 16.7. The topological polar surface area (TPSA) is 81.6 Å². The number of nitrogens with zero attached hydrogens (tertiary/aromatic N) is 1. The number of aromatic nitrogens is 1. The summed E-state index contributed by atoms with van der Waals surface area (Å²) in [5, 5.41) is 5.95. The summed E-state index contributed by atoms with van der Waals surface area (Å²) < 4.78 is 12.0. The molecule has 2 N–H and O–H groups in total. The molecule has 0 radical (unpaired) electrons. The zero-order valence-corrected chi connectivity index (χ0v) is 16.7. The van der Waals surface area contributed by atoms with Crippen molar-refractivity contribution in [2.75, 3.05) is 19.5 Å². The van der Waals surface area contributed by atoms with Crippen LogP contribution in [0.15, 0.2) is 29.1 Å². The highest BCUT2D eigenvalue weighted by Crippen LogP contribution is 2.29. The van der Waals surface area contributed by atoms with Crippen LogP contribution in [0.3, 0.4) is 0 Å². The van der Waals surface area contributed by atoms with Crippen LogP contribution in [0.4, 0.5) is 5.69 Å². The first-order chi connectivity index (χ1) is 12.8. The Morgan fingerprint density at radius 1 is 1.15 bits per heavy atom. The number of hydrogen-bond donors (Lipinski definition) is 2. The van der Waals surface area contributed by atoms with Crippen molar-refractivity contribution in [3.63, 3.8) is 0 Å². The molecule has 146 valence electrons. The smallest absolute Gasteiger partial charge is 0.255 e. The van der Waals surface area contributed by atoms with E-state index in [9.17, 15) is 9.59 Å². The highest BCUT2D eigenvalue weighted by atomic mass is 16.5. The van der Waals surface area contributed by atoms with E-state index in [1.807, 2.05) is 19.9 Å². The second-order valence-corrected chi connectivity index (χ2v) is 6.47. The maximum Gasteiger partial charge on any atom is 0.255 e. The highest BCUT2D eigenvalue weighted by Gasteiger charge is 2.16. The fraction of sp³-hybridized carbons (Fsp3) is 0.400. The van der Waals surface area contributed by atoms with Crippen LogP contribution in [0, 0.1) is 13.8 Å². The van der Waals surface area contributed by atoms with Gasteiger partial charge >= 0.3 is 0 Å². The van der Waals surface area contributed by atoms with Crippen LogP contribution in [0.2, 0.25) is 0 Å². The van der Waals surface area contributed by atoms with E-state index in [1.165, 1.54) is 7.11 Å². The van der Waals surface area contributed by atoms with Gasteiger partial charge in [0, 0.05) is 36.6 Å². The van der Waals surface area contributed by atoms with Gasteiger partial charge in [-0.05, 0) is 44.5 Å². The largest absolute Gasteiger partial charge is 0.493 e. The van der Waals surface area contributed by atoms with Crippen molar-refractivity contribution in [3.8, 4) is 11.5 Å². The molecular weight excluding hydrogens is 346 g/mol.